The number of amides is 1. The standard InChI is InChI=1S/C22H19BrN2O3S2/c1-15-4-2-7-19(12-15)25-21(26)14-29-22(25)16-5-3-6-18(13-16)24-30(27,28)20-10-8-17(23)9-11-20/h2-13,22,24H,14H2,1H3/t22-/m1/s1. The van der Waals surface area contributed by atoms with Crippen molar-refractivity contribution in [3.63, 3.8) is 0 Å². The molecule has 1 N–H and O–H groups in total. The highest BCUT2D eigenvalue weighted by atomic mass is 79.9. The summed E-state index contributed by atoms with van der Waals surface area (Å²) in [6, 6.07) is 21.5. The first-order valence-corrected chi connectivity index (χ1v) is 12.5. The normalized spacial score (nSPS) is 16.7. The third-order valence-electron chi connectivity index (χ3n) is 4.70. The summed E-state index contributed by atoms with van der Waals surface area (Å²) in [5.41, 5.74) is 3.24. The van der Waals surface area contributed by atoms with Gasteiger partial charge in [0.15, 0.2) is 0 Å². The number of sulfonamides is 1. The van der Waals surface area contributed by atoms with E-state index < -0.39 is 10.0 Å². The number of nitrogens with zero attached hydrogens (tertiary/aromatic N) is 1. The molecule has 5 nitrogen and oxygen atoms in total. The third-order valence-corrected chi connectivity index (χ3v) is 7.83. The Kier molecular flexibility index (Phi) is 5.90. The molecule has 0 spiro atoms. The average molecular weight is 503 g/mol. The molecule has 0 saturated carbocycles. The number of benzene rings is 3. The molecule has 0 radical (unpaired) electrons. The number of carbonyl (C=O) groups is 1. The van der Waals surface area contributed by atoms with Crippen LogP contribution in [0.3, 0.4) is 0 Å². The van der Waals surface area contributed by atoms with Gasteiger partial charge < -0.3 is 0 Å². The van der Waals surface area contributed by atoms with Crippen molar-refractivity contribution >= 4 is 55.0 Å². The summed E-state index contributed by atoms with van der Waals surface area (Å²) in [4.78, 5) is 14.5. The van der Waals surface area contributed by atoms with Crippen molar-refractivity contribution in [1.29, 1.82) is 0 Å². The van der Waals surface area contributed by atoms with Gasteiger partial charge in [-0.05, 0) is 66.6 Å². The van der Waals surface area contributed by atoms with Crippen LogP contribution in [-0.4, -0.2) is 20.1 Å². The van der Waals surface area contributed by atoms with Crippen LogP contribution in [0.2, 0.25) is 0 Å². The maximum atomic E-state index is 12.7. The van der Waals surface area contributed by atoms with Crippen molar-refractivity contribution in [3.8, 4) is 0 Å². The van der Waals surface area contributed by atoms with Gasteiger partial charge in [-0.25, -0.2) is 8.42 Å². The van der Waals surface area contributed by atoms with Crippen LogP contribution >= 0.6 is 27.7 Å². The van der Waals surface area contributed by atoms with Gasteiger partial charge in [-0.2, -0.15) is 0 Å². The molecule has 0 bridgehead atoms. The summed E-state index contributed by atoms with van der Waals surface area (Å²) in [6.07, 6.45) is 0. The molecule has 30 heavy (non-hydrogen) atoms. The van der Waals surface area contributed by atoms with Crippen LogP contribution in [0.25, 0.3) is 0 Å². The summed E-state index contributed by atoms with van der Waals surface area (Å²) in [6.45, 7) is 1.99. The highest BCUT2D eigenvalue weighted by Crippen LogP contribution is 2.42. The summed E-state index contributed by atoms with van der Waals surface area (Å²) >= 11 is 4.84. The molecule has 3 aromatic carbocycles. The highest BCUT2D eigenvalue weighted by Gasteiger charge is 2.34. The first-order valence-electron chi connectivity index (χ1n) is 9.22. The number of hydrogen-bond donors (Lipinski definition) is 1. The fraction of sp³-hybridized carbons (Fsp3) is 0.136. The topological polar surface area (TPSA) is 66.5 Å². The van der Waals surface area contributed by atoms with Crippen LogP contribution in [-0.2, 0) is 14.8 Å². The Morgan fingerprint density at radius 3 is 2.50 bits per heavy atom. The number of aryl methyl sites for hydroxylation is 1. The monoisotopic (exact) mass is 502 g/mol. The van der Waals surface area contributed by atoms with E-state index in [2.05, 4.69) is 20.7 Å². The van der Waals surface area contributed by atoms with Crippen LogP contribution in [0.15, 0.2) is 82.2 Å². The molecule has 1 amide bonds. The molecule has 8 heteroatoms. The predicted octanol–water partition coefficient (Wildman–Crippen LogP) is 5.34. The molecule has 1 aliphatic heterocycles. The van der Waals surface area contributed by atoms with Gasteiger partial charge in [-0.15, -0.1) is 11.8 Å². The lowest BCUT2D eigenvalue weighted by molar-refractivity contribution is -0.115. The molecule has 1 fully saturated rings. The quantitative estimate of drug-likeness (QED) is 0.511. The van der Waals surface area contributed by atoms with Gasteiger partial charge in [-0.3, -0.25) is 14.4 Å². The molecule has 154 valence electrons. The van der Waals surface area contributed by atoms with Gasteiger partial charge in [-0.1, -0.05) is 40.2 Å². The zero-order valence-electron chi connectivity index (χ0n) is 16.1. The number of rotatable bonds is 5. The van der Waals surface area contributed by atoms with Crippen molar-refractivity contribution in [3.05, 3.63) is 88.4 Å². The summed E-state index contributed by atoms with van der Waals surface area (Å²) in [5, 5.41) is -0.212. The Balaban J connectivity index is 1.63. The van der Waals surface area contributed by atoms with Gasteiger partial charge in [0.25, 0.3) is 10.0 Å². The van der Waals surface area contributed by atoms with E-state index in [0.717, 1.165) is 21.3 Å². The molecule has 1 atom stereocenters. The maximum absolute atomic E-state index is 12.7. The molecule has 1 saturated heterocycles. The summed E-state index contributed by atoms with van der Waals surface area (Å²) in [7, 11) is -3.71. The smallest absolute Gasteiger partial charge is 0.261 e. The van der Waals surface area contributed by atoms with Crippen molar-refractivity contribution in [2.75, 3.05) is 15.4 Å². The molecule has 0 unspecified atom stereocenters. The van der Waals surface area contributed by atoms with Crippen molar-refractivity contribution in [1.82, 2.24) is 0 Å². The van der Waals surface area contributed by atoms with Crippen molar-refractivity contribution in [2.24, 2.45) is 0 Å². The minimum Gasteiger partial charge on any atom is -0.295 e. The van der Waals surface area contributed by atoms with Gasteiger partial charge in [0.05, 0.1) is 10.6 Å². The Morgan fingerprint density at radius 1 is 1.03 bits per heavy atom. The van der Waals surface area contributed by atoms with Crippen LogP contribution < -0.4 is 9.62 Å². The molecule has 0 aliphatic carbocycles. The molecular weight excluding hydrogens is 484 g/mol. The number of anilines is 2. The Bertz CT molecular complexity index is 1200. The van der Waals surface area contributed by atoms with Crippen LogP contribution in [0.5, 0.6) is 0 Å². The second-order valence-electron chi connectivity index (χ2n) is 6.95. The van der Waals surface area contributed by atoms with E-state index in [1.165, 1.54) is 11.8 Å². The average Bonchev–Trinajstić information content (AvgIpc) is 3.10. The molecular formula is C22H19BrN2O3S2. The van der Waals surface area contributed by atoms with E-state index in [4.69, 9.17) is 0 Å². The van der Waals surface area contributed by atoms with Crippen LogP contribution in [0, 0.1) is 6.92 Å². The lowest BCUT2D eigenvalue weighted by atomic mass is 10.1. The van der Waals surface area contributed by atoms with E-state index in [9.17, 15) is 13.2 Å². The number of carbonyl (C=O) groups excluding carboxylic acids is 1. The number of thioether (sulfide) groups is 1. The SMILES string of the molecule is Cc1cccc(N2C(=O)CS[C@@H]2c2cccc(NS(=O)(=O)c3ccc(Br)cc3)c2)c1. The first kappa shape index (κ1) is 21.0. The number of halogens is 1. The Labute approximate surface area is 188 Å². The van der Waals surface area contributed by atoms with Gasteiger partial charge in [0, 0.05) is 15.8 Å². The van der Waals surface area contributed by atoms with Gasteiger partial charge in [0.1, 0.15) is 5.37 Å². The molecule has 1 aliphatic rings. The van der Waals surface area contributed by atoms with E-state index >= 15 is 0 Å². The van der Waals surface area contributed by atoms with Crippen LogP contribution in [0.1, 0.15) is 16.5 Å². The van der Waals surface area contributed by atoms with Crippen molar-refractivity contribution < 1.29 is 13.2 Å². The zero-order valence-corrected chi connectivity index (χ0v) is 19.3. The fourth-order valence-corrected chi connectivity index (χ4v) is 5.79. The van der Waals surface area contributed by atoms with Gasteiger partial charge in [0.2, 0.25) is 5.91 Å². The largest absolute Gasteiger partial charge is 0.295 e. The first-order chi connectivity index (χ1) is 14.3. The summed E-state index contributed by atoms with van der Waals surface area (Å²) in [5.74, 6) is 0.421. The van der Waals surface area contributed by atoms with E-state index in [0.29, 0.717) is 11.4 Å². The second-order valence-corrected chi connectivity index (χ2v) is 10.6. The minimum atomic E-state index is -3.71. The van der Waals surface area contributed by atoms with Gasteiger partial charge >= 0.3 is 0 Å². The Morgan fingerprint density at radius 2 is 1.77 bits per heavy atom. The Hall–Kier alpha value is -2.29. The van der Waals surface area contributed by atoms with E-state index in [1.54, 1.807) is 47.4 Å². The third kappa shape index (κ3) is 4.40. The zero-order chi connectivity index (χ0) is 21.3. The van der Waals surface area contributed by atoms with Crippen molar-refractivity contribution in [2.45, 2.75) is 17.2 Å². The number of hydrogen-bond acceptors (Lipinski definition) is 4. The van der Waals surface area contributed by atoms with E-state index in [-0.39, 0.29) is 16.2 Å². The van der Waals surface area contributed by atoms with Crippen LogP contribution in [0.4, 0.5) is 11.4 Å². The highest BCUT2D eigenvalue weighted by molar-refractivity contribution is 9.10. The maximum Gasteiger partial charge on any atom is 0.261 e. The van der Waals surface area contributed by atoms with E-state index in [1.807, 2.05) is 37.3 Å². The molecule has 3 aromatic rings. The lowest BCUT2D eigenvalue weighted by Crippen LogP contribution is -2.27. The number of nitrogens with one attached hydrogen (secondary N) is 1. The molecule has 0 aromatic heterocycles. The fourth-order valence-electron chi connectivity index (χ4n) is 3.31. The second kappa shape index (κ2) is 8.45. The molecule has 1 heterocycles. The predicted molar refractivity (Wildman–Crippen MR) is 125 cm³/mol. The summed E-state index contributed by atoms with van der Waals surface area (Å²) < 4.78 is 28.9. The lowest BCUT2D eigenvalue weighted by Gasteiger charge is -2.25. The molecule has 4 rings (SSSR count). The minimum absolute atomic E-state index is 0.0384.